The van der Waals surface area contributed by atoms with Gasteiger partial charge in [0.2, 0.25) is 0 Å². The van der Waals surface area contributed by atoms with Gasteiger partial charge in [-0.1, -0.05) is 30.3 Å². The Kier molecular flexibility index (Phi) is 9.18. The molecular formula is C17H29NNiP+. The van der Waals surface area contributed by atoms with E-state index in [1.165, 1.54) is 0 Å². The van der Waals surface area contributed by atoms with Gasteiger partial charge in [0, 0.05) is 7.92 Å². The van der Waals surface area contributed by atoms with Crippen molar-refractivity contribution in [1.29, 1.82) is 0 Å². The average Bonchev–Trinajstić information content (AvgIpc) is 2.23. The molecule has 1 rings (SSSR count). The van der Waals surface area contributed by atoms with Crippen molar-refractivity contribution in [2.24, 2.45) is 0 Å². The minimum Gasteiger partial charge on any atom is -0.804 e. The summed E-state index contributed by atoms with van der Waals surface area (Å²) in [5.74, 6) is 0. The maximum Gasteiger partial charge on any atom is 2.00 e. The van der Waals surface area contributed by atoms with Gasteiger partial charge < -0.3 is 12.8 Å². The van der Waals surface area contributed by atoms with Gasteiger partial charge in [-0.25, -0.2) is 0 Å². The molecule has 3 heteroatoms. The second kappa shape index (κ2) is 8.30. The molecule has 1 aromatic carbocycles. The smallest absolute Gasteiger partial charge is 0.804 e. The number of nitrogens with zero attached hydrogens (tertiary/aromatic N) is 1. The van der Waals surface area contributed by atoms with Gasteiger partial charge in [-0.3, -0.25) is 0 Å². The van der Waals surface area contributed by atoms with Gasteiger partial charge in [-0.05, 0) is 47.1 Å². The minimum atomic E-state index is -0.709. The molecule has 0 amide bonds. The van der Waals surface area contributed by atoms with Gasteiger partial charge in [0.1, 0.15) is 0 Å². The van der Waals surface area contributed by atoms with E-state index < -0.39 is 7.92 Å². The molecule has 20 heavy (non-hydrogen) atoms. The van der Waals surface area contributed by atoms with Crippen molar-refractivity contribution in [3.8, 4) is 0 Å². The number of benzene rings is 1. The zero-order valence-electron chi connectivity index (χ0n) is 13.9. The monoisotopic (exact) mass is 336 g/mol. The topological polar surface area (TPSA) is 22.3 Å². The van der Waals surface area contributed by atoms with E-state index in [0.717, 1.165) is 11.7 Å². The third kappa shape index (κ3) is 6.51. The molecule has 0 saturated heterocycles. The Hall–Kier alpha value is -0.186. The molecule has 1 nitrogen and oxygen atoms in total. The molecule has 0 fully saturated rings. The summed E-state index contributed by atoms with van der Waals surface area (Å²) in [6.45, 7) is 13.8. The molecule has 0 atom stereocenters. The third-order valence-electron chi connectivity index (χ3n) is 3.26. The normalized spacial score (nSPS) is 11.6. The van der Waals surface area contributed by atoms with Crippen LogP contribution < -0.4 is 0 Å². The fourth-order valence-electron chi connectivity index (χ4n) is 2.56. The van der Waals surface area contributed by atoms with Crippen LogP contribution in [-0.4, -0.2) is 22.2 Å². The van der Waals surface area contributed by atoms with Crippen molar-refractivity contribution in [2.75, 3.05) is 6.16 Å². The van der Waals surface area contributed by atoms with Gasteiger partial charge >= 0.3 is 16.5 Å². The van der Waals surface area contributed by atoms with Crippen molar-refractivity contribution in [2.45, 2.75) is 51.9 Å². The standard InChI is InChI=1S/C16H25NP.CH3.Ni/c1-15(2,3)18(16(4,5)6)12-14(17)13-10-8-7-9-11-13;;/h7-11H,12H2,1-6H3;1H3;/q2*-1;+2/p+1. The van der Waals surface area contributed by atoms with E-state index in [0.29, 0.717) is 5.71 Å². The molecule has 0 aliphatic heterocycles. The number of hydrogen-bond donors (Lipinski definition) is 0. The zero-order valence-corrected chi connectivity index (χ0v) is 15.8. The molecular weight excluding hydrogens is 308 g/mol. The first-order valence-corrected chi connectivity index (χ1v) is 8.30. The van der Waals surface area contributed by atoms with Gasteiger partial charge in [0.15, 0.2) is 0 Å². The zero-order chi connectivity index (χ0) is 14.0. The molecule has 0 N–H and O–H groups in total. The second-order valence-corrected chi connectivity index (χ2v) is 11.3. The van der Waals surface area contributed by atoms with Crippen molar-refractivity contribution < 1.29 is 16.5 Å². The first kappa shape index (κ1) is 22.1. The molecule has 1 aromatic rings. The van der Waals surface area contributed by atoms with Gasteiger partial charge in [0.25, 0.3) is 0 Å². The Labute approximate surface area is 137 Å². The molecule has 0 aromatic heterocycles. The van der Waals surface area contributed by atoms with Crippen LogP contribution in [0.3, 0.4) is 0 Å². The van der Waals surface area contributed by atoms with Crippen molar-refractivity contribution in [3.05, 3.63) is 48.7 Å². The SMILES string of the molecule is CC(C)(C)[PH+](CC(=[N-])c1ccccc1)C(C)(C)C.[CH3-].[Ni+2]. The Morgan fingerprint density at radius 2 is 1.35 bits per heavy atom. The first-order chi connectivity index (χ1) is 8.12. The molecule has 0 unspecified atom stereocenters. The third-order valence-corrected chi connectivity index (χ3v) is 7.57. The Morgan fingerprint density at radius 3 is 1.70 bits per heavy atom. The van der Waals surface area contributed by atoms with Crippen LogP contribution in [0.1, 0.15) is 47.1 Å². The van der Waals surface area contributed by atoms with Crippen LogP contribution in [0.4, 0.5) is 0 Å². The fraction of sp³-hybridized carbons (Fsp3) is 0.529. The summed E-state index contributed by atoms with van der Waals surface area (Å²) >= 11 is 0. The second-order valence-electron chi connectivity index (χ2n) is 6.97. The van der Waals surface area contributed by atoms with Crippen molar-refractivity contribution >= 4 is 13.6 Å². The minimum absolute atomic E-state index is 0. The van der Waals surface area contributed by atoms with Gasteiger partial charge in [-0.2, -0.15) is 0 Å². The predicted octanol–water partition coefficient (Wildman–Crippen LogP) is 5.30. The van der Waals surface area contributed by atoms with E-state index in [1.807, 2.05) is 30.3 Å². The van der Waals surface area contributed by atoms with E-state index in [4.69, 9.17) is 0 Å². The molecule has 0 radical (unpaired) electrons. The van der Waals surface area contributed by atoms with Crippen molar-refractivity contribution in [1.82, 2.24) is 0 Å². The summed E-state index contributed by atoms with van der Waals surface area (Å²) in [6, 6.07) is 9.91. The molecule has 0 heterocycles. The summed E-state index contributed by atoms with van der Waals surface area (Å²) in [7, 11) is -0.709. The van der Waals surface area contributed by atoms with Crippen LogP contribution in [0.5, 0.6) is 0 Å². The molecule has 0 bridgehead atoms. The summed E-state index contributed by atoms with van der Waals surface area (Å²) in [4.78, 5) is 0. The molecule has 0 saturated carbocycles. The average molecular weight is 337 g/mol. The molecule has 0 spiro atoms. The van der Waals surface area contributed by atoms with Crippen LogP contribution >= 0.6 is 7.92 Å². The Morgan fingerprint density at radius 1 is 0.950 bits per heavy atom. The van der Waals surface area contributed by atoms with Crippen LogP contribution in [0.2, 0.25) is 0 Å². The van der Waals surface area contributed by atoms with E-state index >= 15 is 0 Å². The van der Waals surface area contributed by atoms with E-state index in [9.17, 15) is 5.41 Å². The van der Waals surface area contributed by atoms with Gasteiger partial charge in [0.05, 0.1) is 16.5 Å². The first-order valence-electron chi connectivity index (χ1n) is 6.59. The van der Waals surface area contributed by atoms with Gasteiger partial charge in [-0.15, -0.1) is 5.71 Å². The summed E-state index contributed by atoms with van der Waals surface area (Å²) in [5.41, 5.74) is 1.52. The maximum absolute atomic E-state index is 10.4. The van der Waals surface area contributed by atoms with E-state index in [-0.39, 0.29) is 34.2 Å². The quantitative estimate of drug-likeness (QED) is 0.309. The van der Waals surface area contributed by atoms with Crippen LogP contribution in [0, 0.1) is 7.43 Å². The van der Waals surface area contributed by atoms with Crippen LogP contribution in [0.25, 0.3) is 5.41 Å². The van der Waals surface area contributed by atoms with Crippen molar-refractivity contribution in [3.63, 3.8) is 0 Å². The van der Waals surface area contributed by atoms with E-state index in [1.54, 1.807) is 0 Å². The summed E-state index contributed by atoms with van der Waals surface area (Å²) in [6.07, 6.45) is 0.835. The molecule has 0 aliphatic carbocycles. The Bertz CT molecular complexity index is 387. The Balaban J connectivity index is 0. The summed E-state index contributed by atoms with van der Waals surface area (Å²) < 4.78 is 0. The largest absolute Gasteiger partial charge is 2.00 e. The molecule has 0 aliphatic rings. The number of rotatable bonds is 3. The summed E-state index contributed by atoms with van der Waals surface area (Å²) in [5, 5.41) is 10.9. The van der Waals surface area contributed by atoms with E-state index in [2.05, 4.69) is 41.5 Å². The fourth-order valence-corrected chi connectivity index (χ4v) is 6.41. The maximum atomic E-state index is 10.4. The predicted molar refractivity (Wildman–Crippen MR) is 93.0 cm³/mol. The number of hydrogen-bond acceptors (Lipinski definition) is 0. The van der Waals surface area contributed by atoms with Crippen LogP contribution in [0.15, 0.2) is 30.3 Å². The molecule has 116 valence electrons. The van der Waals surface area contributed by atoms with Crippen LogP contribution in [-0.2, 0) is 16.5 Å².